The summed E-state index contributed by atoms with van der Waals surface area (Å²) in [6.07, 6.45) is 1.91. The molecule has 1 N–H and O–H groups in total. The van der Waals surface area contributed by atoms with Crippen molar-refractivity contribution in [2.75, 3.05) is 11.9 Å². The number of rotatable bonds is 4. The van der Waals surface area contributed by atoms with Gasteiger partial charge in [-0.1, -0.05) is 23.8 Å². The van der Waals surface area contributed by atoms with Gasteiger partial charge in [-0.15, -0.1) is 0 Å². The van der Waals surface area contributed by atoms with Crippen LogP contribution in [0.2, 0.25) is 0 Å². The van der Waals surface area contributed by atoms with Crippen LogP contribution in [0.25, 0.3) is 0 Å². The number of aryl methyl sites for hydroxylation is 3. The molecule has 0 radical (unpaired) electrons. The third-order valence-corrected chi connectivity index (χ3v) is 3.22. The molecule has 0 saturated carbocycles. The van der Waals surface area contributed by atoms with Crippen LogP contribution >= 0.6 is 0 Å². The summed E-state index contributed by atoms with van der Waals surface area (Å²) in [4.78, 5) is 16.0. The number of nitrogens with one attached hydrogen (secondary N) is 1. The first kappa shape index (κ1) is 15.0. The van der Waals surface area contributed by atoms with E-state index in [0.29, 0.717) is 13.0 Å². The van der Waals surface area contributed by atoms with Crippen molar-refractivity contribution < 1.29 is 9.53 Å². The number of benzene rings is 1. The van der Waals surface area contributed by atoms with Gasteiger partial charge >= 0.3 is 6.09 Å². The highest BCUT2D eigenvalue weighted by molar-refractivity contribution is 5.86. The van der Waals surface area contributed by atoms with E-state index >= 15 is 0 Å². The molecule has 1 heterocycles. The summed E-state index contributed by atoms with van der Waals surface area (Å²) >= 11 is 0. The molecule has 0 atom stereocenters. The van der Waals surface area contributed by atoms with Gasteiger partial charge in [-0.2, -0.15) is 0 Å². The number of carbonyl (C=O) groups excluding carboxylic acids is 1. The highest BCUT2D eigenvalue weighted by Crippen LogP contribution is 2.21. The van der Waals surface area contributed by atoms with Gasteiger partial charge < -0.3 is 4.74 Å². The normalized spacial score (nSPS) is 10.2. The number of amides is 1. The Labute approximate surface area is 125 Å². The average Bonchev–Trinajstić information content (AvgIpc) is 2.44. The van der Waals surface area contributed by atoms with E-state index in [1.807, 2.05) is 51.1 Å². The van der Waals surface area contributed by atoms with E-state index in [2.05, 4.69) is 10.3 Å². The lowest BCUT2D eigenvalue weighted by atomic mass is 10.1. The lowest BCUT2D eigenvalue weighted by Gasteiger charge is -2.13. The van der Waals surface area contributed by atoms with Crippen LogP contribution in [0.4, 0.5) is 10.5 Å². The zero-order chi connectivity index (χ0) is 15.2. The van der Waals surface area contributed by atoms with Gasteiger partial charge in [0.1, 0.15) is 0 Å². The van der Waals surface area contributed by atoms with Crippen LogP contribution in [0.1, 0.15) is 22.4 Å². The minimum absolute atomic E-state index is 0.312. The second-order valence-corrected chi connectivity index (χ2v) is 5.11. The smallest absolute Gasteiger partial charge is 0.411 e. The summed E-state index contributed by atoms with van der Waals surface area (Å²) < 4.78 is 5.20. The highest BCUT2D eigenvalue weighted by atomic mass is 16.5. The number of nitrogens with zero attached hydrogens (tertiary/aromatic N) is 1. The minimum Gasteiger partial charge on any atom is -0.449 e. The Morgan fingerprint density at radius 2 is 1.90 bits per heavy atom. The topological polar surface area (TPSA) is 51.2 Å². The Kier molecular flexibility index (Phi) is 4.93. The maximum Gasteiger partial charge on any atom is 0.411 e. The monoisotopic (exact) mass is 284 g/mol. The van der Waals surface area contributed by atoms with Crippen LogP contribution in [0.15, 0.2) is 36.5 Å². The summed E-state index contributed by atoms with van der Waals surface area (Å²) in [5.41, 5.74) is 4.99. The molecule has 0 spiro atoms. The molecule has 2 aromatic rings. The lowest BCUT2D eigenvalue weighted by Crippen LogP contribution is -2.17. The number of aromatic nitrogens is 1. The molecule has 21 heavy (non-hydrogen) atoms. The maximum atomic E-state index is 11.8. The van der Waals surface area contributed by atoms with Crippen molar-refractivity contribution in [3.63, 3.8) is 0 Å². The number of hydrogen-bond donors (Lipinski definition) is 1. The highest BCUT2D eigenvalue weighted by Gasteiger charge is 2.09. The molecule has 1 amide bonds. The van der Waals surface area contributed by atoms with Crippen molar-refractivity contribution in [3.8, 4) is 0 Å². The maximum absolute atomic E-state index is 11.8. The van der Waals surface area contributed by atoms with Crippen molar-refractivity contribution in [1.29, 1.82) is 0 Å². The molecule has 0 unspecified atom stereocenters. The number of carbonyl (C=O) groups is 1. The number of ether oxygens (including phenoxy) is 1. The molecule has 4 heteroatoms. The summed E-state index contributed by atoms with van der Waals surface area (Å²) in [7, 11) is 0. The quantitative estimate of drug-likeness (QED) is 0.929. The van der Waals surface area contributed by atoms with Gasteiger partial charge in [0, 0.05) is 24.0 Å². The van der Waals surface area contributed by atoms with Gasteiger partial charge in [0.25, 0.3) is 0 Å². The van der Waals surface area contributed by atoms with Crippen molar-refractivity contribution in [3.05, 3.63) is 58.9 Å². The summed E-state index contributed by atoms with van der Waals surface area (Å²) in [6.45, 7) is 6.30. The second kappa shape index (κ2) is 6.88. The molecule has 0 aliphatic carbocycles. The fourth-order valence-corrected chi connectivity index (χ4v) is 2.31. The fraction of sp³-hybridized carbons (Fsp3) is 0.294. The predicted octanol–water partition coefficient (Wildman–Crippen LogP) is 3.80. The largest absolute Gasteiger partial charge is 0.449 e. The Morgan fingerprint density at radius 3 is 2.52 bits per heavy atom. The first-order chi connectivity index (χ1) is 10.1. The summed E-state index contributed by atoms with van der Waals surface area (Å²) in [6, 6.07) is 9.77. The Hall–Kier alpha value is -2.36. The van der Waals surface area contributed by atoms with E-state index in [9.17, 15) is 4.79 Å². The Morgan fingerprint density at radius 1 is 1.19 bits per heavy atom. The van der Waals surface area contributed by atoms with Gasteiger partial charge in [-0.25, -0.2) is 4.79 Å². The van der Waals surface area contributed by atoms with E-state index in [1.54, 1.807) is 6.20 Å². The summed E-state index contributed by atoms with van der Waals surface area (Å²) in [5.74, 6) is 0. The molecule has 110 valence electrons. The molecule has 4 nitrogen and oxygen atoms in total. The zero-order valence-corrected chi connectivity index (χ0v) is 12.6. The molecule has 0 aliphatic rings. The predicted molar refractivity (Wildman–Crippen MR) is 83.6 cm³/mol. The van der Waals surface area contributed by atoms with Crippen LogP contribution in [0.3, 0.4) is 0 Å². The van der Waals surface area contributed by atoms with Gasteiger partial charge in [0.05, 0.1) is 6.61 Å². The molecular formula is C17H20N2O2. The number of pyridine rings is 1. The van der Waals surface area contributed by atoms with Crippen LogP contribution in [0.5, 0.6) is 0 Å². The number of anilines is 1. The minimum atomic E-state index is -0.430. The van der Waals surface area contributed by atoms with Crippen LogP contribution in [-0.2, 0) is 11.2 Å². The Bertz CT molecular complexity index is 601. The van der Waals surface area contributed by atoms with Crippen molar-refractivity contribution >= 4 is 11.8 Å². The van der Waals surface area contributed by atoms with Crippen LogP contribution < -0.4 is 5.32 Å². The molecule has 0 bridgehead atoms. The van der Waals surface area contributed by atoms with Gasteiger partial charge in [0.2, 0.25) is 0 Å². The standard InChI is InChI=1S/C17H20N2O2/c1-12-10-13(2)16(14(3)11-12)19-17(20)21-9-7-15-6-4-5-8-18-15/h4-6,8,10-11H,7,9H2,1-3H3,(H,19,20). The second-order valence-electron chi connectivity index (χ2n) is 5.11. The molecule has 0 fully saturated rings. The molecule has 1 aromatic carbocycles. The van der Waals surface area contributed by atoms with Gasteiger partial charge in [-0.3, -0.25) is 10.3 Å². The third-order valence-electron chi connectivity index (χ3n) is 3.22. The van der Waals surface area contributed by atoms with Crippen molar-refractivity contribution in [2.24, 2.45) is 0 Å². The molecule has 1 aromatic heterocycles. The first-order valence-corrected chi connectivity index (χ1v) is 6.98. The molecular weight excluding hydrogens is 264 g/mol. The van der Waals surface area contributed by atoms with E-state index < -0.39 is 6.09 Å². The fourth-order valence-electron chi connectivity index (χ4n) is 2.31. The van der Waals surface area contributed by atoms with E-state index in [4.69, 9.17) is 4.74 Å². The SMILES string of the molecule is Cc1cc(C)c(NC(=O)OCCc2ccccn2)c(C)c1. The van der Waals surface area contributed by atoms with E-state index in [0.717, 1.165) is 22.5 Å². The molecule has 0 saturated heterocycles. The third kappa shape index (κ3) is 4.31. The van der Waals surface area contributed by atoms with Gasteiger partial charge in [0.15, 0.2) is 0 Å². The van der Waals surface area contributed by atoms with Crippen molar-refractivity contribution in [1.82, 2.24) is 4.98 Å². The zero-order valence-electron chi connectivity index (χ0n) is 12.6. The van der Waals surface area contributed by atoms with Crippen LogP contribution in [0, 0.1) is 20.8 Å². The number of hydrogen-bond acceptors (Lipinski definition) is 3. The van der Waals surface area contributed by atoms with Crippen LogP contribution in [-0.4, -0.2) is 17.7 Å². The molecule has 0 aliphatic heterocycles. The van der Waals surface area contributed by atoms with Gasteiger partial charge in [-0.05, 0) is 44.0 Å². The lowest BCUT2D eigenvalue weighted by molar-refractivity contribution is 0.162. The summed E-state index contributed by atoms with van der Waals surface area (Å²) in [5, 5.41) is 2.81. The average molecular weight is 284 g/mol. The first-order valence-electron chi connectivity index (χ1n) is 6.98. The Balaban J connectivity index is 1.88. The van der Waals surface area contributed by atoms with E-state index in [-0.39, 0.29) is 0 Å². The van der Waals surface area contributed by atoms with E-state index in [1.165, 1.54) is 5.56 Å². The van der Waals surface area contributed by atoms with Crippen molar-refractivity contribution in [2.45, 2.75) is 27.2 Å². The molecule has 2 rings (SSSR count).